The standard InChI is InChI=1S/C12H7ClFN3/c13-11-5-6-17-12(15-11)7-10(16-17)8-3-1-2-4-9(8)14/h1-7H. The first-order valence-electron chi connectivity index (χ1n) is 5.01. The first kappa shape index (κ1) is 10.2. The maximum atomic E-state index is 13.6. The van der Waals surface area contributed by atoms with Gasteiger partial charge in [-0.25, -0.2) is 13.9 Å². The van der Waals surface area contributed by atoms with Gasteiger partial charge in [0.2, 0.25) is 0 Å². The van der Waals surface area contributed by atoms with Crippen LogP contribution in [0.2, 0.25) is 5.15 Å². The highest BCUT2D eigenvalue weighted by Gasteiger charge is 2.09. The van der Waals surface area contributed by atoms with Gasteiger partial charge in [0.1, 0.15) is 11.0 Å². The smallest absolute Gasteiger partial charge is 0.157 e. The second-order valence-corrected chi connectivity index (χ2v) is 3.95. The molecule has 0 atom stereocenters. The van der Waals surface area contributed by atoms with Crippen LogP contribution in [0.15, 0.2) is 42.6 Å². The van der Waals surface area contributed by atoms with Gasteiger partial charge in [0.15, 0.2) is 5.65 Å². The van der Waals surface area contributed by atoms with Crippen LogP contribution >= 0.6 is 11.6 Å². The molecule has 84 valence electrons. The Morgan fingerprint density at radius 3 is 2.82 bits per heavy atom. The van der Waals surface area contributed by atoms with Crippen LogP contribution in [0.4, 0.5) is 4.39 Å². The fraction of sp³-hybridized carbons (Fsp3) is 0. The third-order valence-electron chi connectivity index (χ3n) is 2.44. The van der Waals surface area contributed by atoms with E-state index >= 15 is 0 Å². The number of hydrogen-bond donors (Lipinski definition) is 0. The van der Waals surface area contributed by atoms with Gasteiger partial charge in [0.25, 0.3) is 0 Å². The molecule has 3 aromatic rings. The topological polar surface area (TPSA) is 30.2 Å². The number of hydrogen-bond acceptors (Lipinski definition) is 2. The van der Waals surface area contributed by atoms with Crippen LogP contribution in [0, 0.1) is 5.82 Å². The van der Waals surface area contributed by atoms with E-state index in [4.69, 9.17) is 11.6 Å². The molecule has 0 unspecified atom stereocenters. The zero-order valence-electron chi connectivity index (χ0n) is 8.64. The van der Waals surface area contributed by atoms with Crippen molar-refractivity contribution < 1.29 is 4.39 Å². The Labute approximate surface area is 101 Å². The molecular formula is C12H7ClFN3. The van der Waals surface area contributed by atoms with E-state index in [1.54, 1.807) is 41.0 Å². The summed E-state index contributed by atoms with van der Waals surface area (Å²) in [4.78, 5) is 4.09. The summed E-state index contributed by atoms with van der Waals surface area (Å²) >= 11 is 5.78. The minimum absolute atomic E-state index is 0.304. The van der Waals surface area contributed by atoms with Crippen LogP contribution in [-0.2, 0) is 0 Å². The van der Waals surface area contributed by atoms with E-state index in [1.807, 2.05) is 0 Å². The number of halogens is 2. The van der Waals surface area contributed by atoms with Crippen LogP contribution in [0.3, 0.4) is 0 Å². The minimum atomic E-state index is -0.304. The molecule has 3 nitrogen and oxygen atoms in total. The molecule has 1 aromatic carbocycles. The van der Waals surface area contributed by atoms with Gasteiger partial charge in [0.05, 0.1) is 5.69 Å². The van der Waals surface area contributed by atoms with Crippen molar-refractivity contribution in [3.63, 3.8) is 0 Å². The van der Waals surface area contributed by atoms with E-state index in [0.29, 0.717) is 22.1 Å². The molecule has 0 saturated heterocycles. The number of nitrogens with zero attached hydrogens (tertiary/aromatic N) is 3. The van der Waals surface area contributed by atoms with Crippen molar-refractivity contribution in [3.8, 4) is 11.3 Å². The second-order valence-electron chi connectivity index (χ2n) is 3.56. The normalized spacial score (nSPS) is 10.9. The average Bonchev–Trinajstić information content (AvgIpc) is 2.72. The zero-order chi connectivity index (χ0) is 11.8. The largest absolute Gasteiger partial charge is 0.222 e. The molecule has 2 aromatic heterocycles. The third kappa shape index (κ3) is 1.76. The third-order valence-corrected chi connectivity index (χ3v) is 2.65. The molecule has 0 saturated carbocycles. The van der Waals surface area contributed by atoms with Gasteiger partial charge in [0, 0.05) is 17.8 Å². The van der Waals surface area contributed by atoms with Crippen molar-refractivity contribution in [2.24, 2.45) is 0 Å². The summed E-state index contributed by atoms with van der Waals surface area (Å²) in [5.74, 6) is -0.304. The Hall–Kier alpha value is -1.94. The lowest BCUT2D eigenvalue weighted by Gasteiger charge is -1.96. The lowest BCUT2D eigenvalue weighted by atomic mass is 10.1. The average molecular weight is 248 g/mol. The maximum absolute atomic E-state index is 13.6. The van der Waals surface area contributed by atoms with Crippen LogP contribution in [0.5, 0.6) is 0 Å². The summed E-state index contributed by atoms with van der Waals surface area (Å²) in [6, 6.07) is 9.82. The molecule has 2 heterocycles. The summed E-state index contributed by atoms with van der Waals surface area (Å²) in [7, 11) is 0. The maximum Gasteiger partial charge on any atom is 0.157 e. The monoisotopic (exact) mass is 247 g/mol. The zero-order valence-corrected chi connectivity index (χ0v) is 9.39. The fourth-order valence-corrected chi connectivity index (χ4v) is 1.80. The summed E-state index contributed by atoms with van der Waals surface area (Å²) in [5.41, 5.74) is 1.59. The predicted molar refractivity (Wildman–Crippen MR) is 63.4 cm³/mol. The highest BCUT2D eigenvalue weighted by molar-refractivity contribution is 6.29. The Morgan fingerprint density at radius 1 is 1.18 bits per heavy atom. The van der Waals surface area contributed by atoms with Gasteiger partial charge in [-0.3, -0.25) is 0 Å². The van der Waals surface area contributed by atoms with Gasteiger partial charge in [-0.1, -0.05) is 23.7 Å². The number of fused-ring (bicyclic) bond motifs is 1. The van der Waals surface area contributed by atoms with Gasteiger partial charge >= 0.3 is 0 Å². The quantitative estimate of drug-likeness (QED) is 0.618. The van der Waals surface area contributed by atoms with Crippen LogP contribution in [0.25, 0.3) is 16.9 Å². The molecule has 0 fully saturated rings. The highest BCUT2D eigenvalue weighted by Crippen LogP contribution is 2.22. The van der Waals surface area contributed by atoms with E-state index in [0.717, 1.165) is 0 Å². The van der Waals surface area contributed by atoms with Crippen LogP contribution in [-0.4, -0.2) is 14.6 Å². The van der Waals surface area contributed by atoms with E-state index in [9.17, 15) is 4.39 Å². The molecule has 5 heteroatoms. The number of benzene rings is 1. The van der Waals surface area contributed by atoms with Crippen molar-refractivity contribution in [1.82, 2.24) is 14.6 Å². The minimum Gasteiger partial charge on any atom is -0.222 e. The highest BCUT2D eigenvalue weighted by atomic mass is 35.5. The molecule has 0 bridgehead atoms. The van der Waals surface area contributed by atoms with Crippen LogP contribution < -0.4 is 0 Å². The second kappa shape index (κ2) is 3.82. The first-order valence-corrected chi connectivity index (χ1v) is 5.39. The van der Waals surface area contributed by atoms with Gasteiger partial charge in [-0.15, -0.1) is 0 Å². The number of aromatic nitrogens is 3. The molecule has 3 rings (SSSR count). The first-order chi connectivity index (χ1) is 8.24. The Balaban J connectivity index is 2.22. The van der Waals surface area contributed by atoms with Crippen molar-refractivity contribution in [3.05, 3.63) is 53.6 Å². The van der Waals surface area contributed by atoms with E-state index < -0.39 is 0 Å². The predicted octanol–water partition coefficient (Wildman–Crippen LogP) is 3.19. The summed E-state index contributed by atoms with van der Waals surface area (Å²) < 4.78 is 15.2. The SMILES string of the molecule is Fc1ccccc1-c1cc2nc(Cl)ccn2n1. The molecule has 0 aliphatic heterocycles. The molecule has 0 N–H and O–H groups in total. The molecule has 17 heavy (non-hydrogen) atoms. The summed E-state index contributed by atoms with van der Waals surface area (Å²) in [6.07, 6.45) is 1.69. The molecule has 0 amide bonds. The number of rotatable bonds is 1. The van der Waals surface area contributed by atoms with E-state index in [2.05, 4.69) is 10.1 Å². The lowest BCUT2D eigenvalue weighted by Crippen LogP contribution is -1.89. The Bertz CT molecular complexity index is 693. The fourth-order valence-electron chi connectivity index (χ4n) is 1.66. The summed E-state index contributed by atoms with van der Waals surface area (Å²) in [6.45, 7) is 0. The van der Waals surface area contributed by atoms with E-state index in [-0.39, 0.29) is 5.82 Å². The summed E-state index contributed by atoms with van der Waals surface area (Å²) in [5, 5.41) is 4.63. The molecular weight excluding hydrogens is 241 g/mol. The molecule has 0 radical (unpaired) electrons. The molecule has 0 spiro atoms. The molecule has 0 aliphatic carbocycles. The van der Waals surface area contributed by atoms with Crippen molar-refractivity contribution in [2.45, 2.75) is 0 Å². The lowest BCUT2D eigenvalue weighted by molar-refractivity contribution is 0.630. The van der Waals surface area contributed by atoms with Gasteiger partial charge in [-0.05, 0) is 18.2 Å². The van der Waals surface area contributed by atoms with Gasteiger partial charge < -0.3 is 0 Å². The van der Waals surface area contributed by atoms with Gasteiger partial charge in [-0.2, -0.15) is 5.10 Å². The Kier molecular flexibility index (Phi) is 2.30. The van der Waals surface area contributed by atoms with Crippen LogP contribution in [0.1, 0.15) is 0 Å². The Morgan fingerprint density at radius 2 is 2.00 bits per heavy atom. The van der Waals surface area contributed by atoms with Crippen molar-refractivity contribution >= 4 is 17.2 Å². The van der Waals surface area contributed by atoms with E-state index in [1.165, 1.54) is 6.07 Å². The molecule has 0 aliphatic rings. The van der Waals surface area contributed by atoms with Crippen molar-refractivity contribution in [1.29, 1.82) is 0 Å². The van der Waals surface area contributed by atoms with Crippen molar-refractivity contribution in [2.75, 3.05) is 0 Å².